The summed E-state index contributed by atoms with van der Waals surface area (Å²) in [6.07, 6.45) is 7.38. The van der Waals surface area contributed by atoms with Crippen LogP contribution >= 0.6 is 0 Å². The monoisotopic (exact) mass is 305 g/mol. The van der Waals surface area contributed by atoms with Gasteiger partial charge in [0.25, 0.3) is 0 Å². The first-order chi connectivity index (χ1) is 10.6. The molecule has 1 aliphatic heterocycles. The van der Waals surface area contributed by atoms with Gasteiger partial charge in [-0.05, 0) is 56.3 Å². The predicted octanol–water partition coefficient (Wildman–Crippen LogP) is 2.39. The molecule has 0 aromatic rings. The Morgan fingerprint density at radius 1 is 1.09 bits per heavy atom. The summed E-state index contributed by atoms with van der Waals surface area (Å²) >= 11 is 0. The summed E-state index contributed by atoms with van der Waals surface area (Å²) in [5, 5.41) is 0. The van der Waals surface area contributed by atoms with E-state index in [0.29, 0.717) is 12.1 Å². The van der Waals surface area contributed by atoms with Crippen LogP contribution in [0.2, 0.25) is 0 Å². The molecule has 0 radical (unpaired) electrons. The first-order valence-corrected chi connectivity index (χ1v) is 8.83. The Bertz CT molecular complexity index is 432. The molecule has 1 heterocycles. The minimum atomic E-state index is -0.159. The molecule has 0 aromatic heterocycles. The molecule has 0 spiro atoms. The van der Waals surface area contributed by atoms with Crippen molar-refractivity contribution < 1.29 is 14.3 Å². The fraction of sp³-hybridized carbons (Fsp3) is 0.833. The molecular weight excluding hydrogens is 278 g/mol. The minimum absolute atomic E-state index is 0.153. The first-order valence-electron chi connectivity index (χ1n) is 8.83. The van der Waals surface area contributed by atoms with Gasteiger partial charge in [-0.25, -0.2) is 4.79 Å². The highest BCUT2D eigenvalue weighted by Crippen LogP contribution is 2.57. The summed E-state index contributed by atoms with van der Waals surface area (Å²) in [7, 11) is 0. The second-order valence-electron chi connectivity index (χ2n) is 7.98. The number of esters is 1. The molecule has 5 aliphatic rings. The fourth-order valence-corrected chi connectivity index (χ4v) is 5.52. The van der Waals surface area contributed by atoms with Gasteiger partial charge in [0, 0.05) is 25.2 Å². The van der Waals surface area contributed by atoms with E-state index in [-0.39, 0.29) is 11.6 Å². The Morgan fingerprint density at radius 2 is 1.64 bits per heavy atom. The zero-order chi connectivity index (χ0) is 15.2. The van der Waals surface area contributed by atoms with E-state index >= 15 is 0 Å². The topological polar surface area (TPSA) is 38.8 Å². The summed E-state index contributed by atoms with van der Waals surface area (Å²) in [5.41, 5.74) is 0.456. The van der Waals surface area contributed by atoms with Crippen LogP contribution < -0.4 is 0 Å². The lowest BCUT2D eigenvalue weighted by atomic mass is 9.54. The average molecular weight is 305 g/mol. The summed E-state index contributed by atoms with van der Waals surface area (Å²) in [6, 6.07) is 0. The third kappa shape index (κ3) is 2.83. The molecule has 0 amide bonds. The number of hydrogen-bond donors (Lipinski definition) is 0. The molecule has 0 N–H and O–H groups in total. The molecule has 4 aliphatic carbocycles. The van der Waals surface area contributed by atoms with Crippen LogP contribution in [0.4, 0.5) is 0 Å². The lowest BCUT2D eigenvalue weighted by Crippen LogP contribution is -2.53. The van der Waals surface area contributed by atoms with Gasteiger partial charge in [-0.15, -0.1) is 0 Å². The zero-order valence-electron chi connectivity index (χ0n) is 13.4. The van der Waals surface area contributed by atoms with Gasteiger partial charge in [0.05, 0.1) is 13.2 Å². The average Bonchev–Trinajstić information content (AvgIpc) is 2.46. The largest absolute Gasteiger partial charge is 0.456 e. The van der Waals surface area contributed by atoms with Gasteiger partial charge in [-0.1, -0.05) is 6.58 Å². The maximum atomic E-state index is 12.5. The van der Waals surface area contributed by atoms with E-state index in [1.807, 2.05) is 0 Å². The zero-order valence-corrected chi connectivity index (χ0v) is 13.4. The Kier molecular flexibility index (Phi) is 3.77. The van der Waals surface area contributed by atoms with Crippen LogP contribution in [0.1, 0.15) is 38.5 Å². The van der Waals surface area contributed by atoms with Crippen molar-refractivity contribution in [3.63, 3.8) is 0 Å². The van der Waals surface area contributed by atoms with Crippen molar-refractivity contribution in [2.24, 2.45) is 17.8 Å². The lowest BCUT2D eigenvalue weighted by Gasteiger charge is -2.55. The number of hydrogen-bond acceptors (Lipinski definition) is 4. The number of carbonyl (C=O) groups excluding carboxylic acids is 1. The third-order valence-electron chi connectivity index (χ3n) is 6.10. The molecule has 4 bridgehead atoms. The van der Waals surface area contributed by atoms with E-state index < -0.39 is 0 Å². The molecule has 122 valence electrons. The van der Waals surface area contributed by atoms with Gasteiger partial charge in [0.15, 0.2) is 0 Å². The van der Waals surface area contributed by atoms with Gasteiger partial charge in [-0.2, -0.15) is 0 Å². The van der Waals surface area contributed by atoms with Gasteiger partial charge in [-0.3, -0.25) is 4.90 Å². The second-order valence-corrected chi connectivity index (χ2v) is 7.98. The van der Waals surface area contributed by atoms with E-state index in [4.69, 9.17) is 9.47 Å². The van der Waals surface area contributed by atoms with Gasteiger partial charge in [0.2, 0.25) is 0 Å². The van der Waals surface area contributed by atoms with Crippen molar-refractivity contribution >= 4 is 5.97 Å². The second kappa shape index (κ2) is 5.64. The molecule has 5 rings (SSSR count). The number of rotatable bonds is 4. The molecule has 4 nitrogen and oxygen atoms in total. The van der Waals surface area contributed by atoms with Crippen molar-refractivity contribution in [1.82, 2.24) is 4.90 Å². The highest BCUT2D eigenvalue weighted by molar-refractivity contribution is 5.88. The summed E-state index contributed by atoms with van der Waals surface area (Å²) in [6.45, 7) is 7.86. The van der Waals surface area contributed by atoms with E-state index in [0.717, 1.165) is 63.3 Å². The lowest BCUT2D eigenvalue weighted by molar-refractivity contribution is -0.182. The van der Waals surface area contributed by atoms with Gasteiger partial charge < -0.3 is 9.47 Å². The number of morpholine rings is 1. The molecule has 22 heavy (non-hydrogen) atoms. The molecule has 0 unspecified atom stereocenters. The fourth-order valence-electron chi connectivity index (χ4n) is 5.52. The van der Waals surface area contributed by atoms with Crippen molar-refractivity contribution in [2.45, 2.75) is 44.1 Å². The van der Waals surface area contributed by atoms with Crippen molar-refractivity contribution in [3.05, 3.63) is 12.2 Å². The van der Waals surface area contributed by atoms with Crippen molar-refractivity contribution in [1.29, 1.82) is 0 Å². The van der Waals surface area contributed by atoms with Crippen LogP contribution in [0.15, 0.2) is 12.2 Å². The number of nitrogens with zero attached hydrogens (tertiary/aromatic N) is 1. The molecule has 4 saturated carbocycles. The Balaban J connectivity index is 1.36. The van der Waals surface area contributed by atoms with Crippen LogP contribution in [0, 0.1) is 17.8 Å². The van der Waals surface area contributed by atoms with Crippen molar-refractivity contribution in [2.75, 3.05) is 32.8 Å². The van der Waals surface area contributed by atoms with Crippen LogP contribution in [-0.2, 0) is 14.3 Å². The Hall–Kier alpha value is -0.870. The number of carbonyl (C=O) groups is 1. The van der Waals surface area contributed by atoms with E-state index in [1.165, 1.54) is 19.3 Å². The Morgan fingerprint density at radius 3 is 2.18 bits per heavy atom. The Labute approximate surface area is 132 Å². The maximum Gasteiger partial charge on any atom is 0.335 e. The summed E-state index contributed by atoms with van der Waals surface area (Å²) in [4.78, 5) is 14.8. The summed E-state index contributed by atoms with van der Waals surface area (Å²) in [5.74, 6) is 2.23. The van der Waals surface area contributed by atoms with Gasteiger partial charge >= 0.3 is 5.97 Å². The summed E-state index contributed by atoms with van der Waals surface area (Å²) < 4.78 is 11.4. The smallest absolute Gasteiger partial charge is 0.335 e. The normalized spacial score (nSPS) is 40.6. The van der Waals surface area contributed by atoms with Crippen LogP contribution in [-0.4, -0.2) is 49.3 Å². The molecule has 5 fully saturated rings. The molecule has 4 heteroatoms. The third-order valence-corrected chi connectivity index (χ3v) is 6.10. The number of ether oxygens (including phenoxy) is 2. The van der Waals surface area contributed by atoms with E-state index in [9.17, 15) is 4.79 Å². The van der Waals surface area contributed by atoms with Gasteiger partial charge in [0.1, 0.15) is 5.60 Å². The molecule has 1 saturated heterocycles. The highest BCUT2D eigenvalue weighted by atomic mass is 16.6. The molecule has 0 aromatic carbocycles. The highest BCUT2D eigenvalue weighted by Gasteiger charge is 2.53. The maximum absolute atomic E-state index is 12.5. The minimum Gasteiger partial charge on any atom is -0.456 e. The quantitative estimate of drug-likeness (QED) is 0.590. The standard InChI is InChI=1S/C18H27NO3/c1-13(12-19-2-4-21-5-3-19)17(20)22-18-9-14-6-15(10-18)8-16(7-14)11-18/h14-16H,1-12H2. The van der Waals surface area contributed by atoms with E-state index in [2.05, 4.69) is 11.5 Å². The van der Waals surface area contributed by atoms with Crippen LogP contribution in [0.25, 0.3) is 0 Å². The first kappa shape index (κ1) is 14.7. The SMILES string of the molecule is C=C(CN1CCOCC1)C(=O)OC12CC3CC(CC(C3)C1)C2. The van der Waals surface area contributed by atoms with Crippen LogP contribution in [0.5, 0.6) is 0 Å². The molecular formula is C18H27NO3. The predicted molar refractivity (Wildman–Crippen MR) is 83.4 cm³/mol. The molecule has 0 atom stereocenters. The van der Waals surface area contributed by atoms with Crippen LogP contribution in [0.3, 0.4) is 0 Å². The van der Waals surface area contributed by atoms with E-state index in [1.54, 1.807) is 0 Å². The van der Waals surface area contributed by atoms with Crippen molar-refractivity contribution in [3.8, 4) is 0 Å².